The molecule has 63 heavy (non-hydrogen) atoms. The predicted octanol–water partition coefficient (Wildman–Crippen LogP) is 16.5. The summed E-state index contributed by atoms with van der Waals surface area (Å²) >= 11 is 0. The third-order valence-electron chi connectivity index (χ3n) is 12.3. The minimum Gasteiger partial charge on any atom is -0.336 e. The van der Waals surface area contributed by atoms with Gasteiger partial charge in [0.15, 0.2) is 0 Å². The molecule has 2 heteroatoms. The standard InChI is InChI=1S/C61H44N2/c1-4-18-44(19-5-1)46-34-38-48(39-35-46)54-27-11-10-22-51(54)43-62(58-31-14-12-28-55(58)49-40-36-47(37-41-49)45-20-6-2-7-21-45)53-26-16-23-50(42-53)56-30-17-33-60-61(56)57-29-13-15-32-59(57)63(60)52-24-8-3-9-25-52/h1-42H,43H2. The zero-order valence-corrected chi connectivity index (χ0v) is 34.9. The van der Waals surface area contributed by atoms with E-state index in [-0.39, 0.29) is 0 Å². The van der Waals surface area contributed by atoms with Gasteiger partial charge in [-0.1, -0.05) is 212 Å². The largest absolute Gasteiger partial charge is 0.336 e. The van der Waals surface area contributed by atoms with Crippen molar-refractivity contribution in [3.63, 3.8) is 0 Å². The van der Waals surface area contributed by atoms with Crippen molar-refractivity contribution in [1.82, 2.24) is 4.57 Å². The lowest BCUT2D eigenvalue weighted by atomic mass is 9.95. The molecule has 0 saturated carbocycles. The van der Waals surface area contributed by atoms with Crippen LogP contribution in [0.4, 0.5) is 11.4 Å². The van der Waals surface area contributed by atoms with Crippen LogP contribution in [0.25, 0.3) is 83.1 Å². The first-order valence-electron chi connectivity index (χ1n) is 21.7. The van der Waals surface area contributed by atoms with Crippen LogP contribution in [0, 0.1) is 0 Å². The van der Waals surface area contributed by atoms with Crippen molar-refractivity contribution in [2.24, 2.45) is 0 Å². The van der Waals surface area contributed by atoms with Crippen molar-refractivity contribution in [3.8, 4) is 61.3 Å². The normalized spacial score (nSPS) is 11.2. The summed E-state index contributed by atoms with van der Waals surface area (Å²) in [5.74, 6) is 0. The number of hydrogen-bond donors (Lipinski definition) is 0. The molecule has 0 spiro atoms. The van der Waals surface area contributed by atoms with Gasteiger partial charge in [-0.3, -0.25) is 0 Å². The fraction of sp³-hybridized carbons (Fsp3) is 0.0164. The Hall–Kier alpha value is -8.20. The molecule has 2 nitrogen and oxygen atoms in total. The van der Waals surface area contributed by atoms with Crippen LogP contribution in [0.15, 0.2) is 255 Å². The lowest BCUT2D eigenvalue weighted by Gasteiger charge is -2.29. The van der Waals surface area contributed by atoms with Gasteiger partial charge in [0.05, 0.1) is 11.0 Å². The summed E-state index contributed by atoms with van der Waals surface area (Å²) in [5.41, 5.74) is 19.1. The Kier molecular flexibility index (Phi) is 10.0. The summed E-state index contributed by atoms with van der Waals surface area (Å²) in [4.78, 5) is 2.51. The minimum absolute atomic E-state index is 0.663. The van der Waals surface area contributed by atoms with Gasteiger partial charge in [-0.15, -0.1) is 0 Å². The van der Waals surface area contributed by atoms with E-state index in [0.717, 1.165) is 17.1 Å². The van der Waals surface area contributed by atoms with Gasteiger partial charge >= 0.3 is 0 Å². The number of anilines is 2. The molecular weight excluding hydrogens is 761 g/mol. The number of benzene rings is 10. The molecule has 0 unspecified atom stereocenters. The molecule has 0 aliphatic carbocycles. The Balaban J connectivity index is 1.05. The maximum atomic E-state index is 2.51. The zero-order valence-electron chi connectivity index (χ0n) is 34.9. The number of fused-ring (bicyclic) bond motifs is 3. The molecule has 0 radical (unpaired) electrons. The highest BCUT2D eigenvalue weighted by Crippen LogP contribution is 2.43. The highest BCUT2D eigenvalue weighted by molar-refractivity contribution is 6.16. The van der Waals surface area contributed by atoms with E-state index in [2.05, 4.69) is 264 Å². The number of aromatic nitrogens is 1. The second kappa shape index (κ2) is 16.7. The summed E-state index contributed by atoms with van der Waals surface area (Å²) < 4.78 is 2.40. The molecule has 298 valence electrons. The van der Waals surface area contributed by atoms with Gasteiger partial charge in [0, 0.05) is 39.9 Å². The number of rotatable bonds is 10. The molecule has 10 aromatic carbocycles. The Morgan fingerprint density at radius 3 is 1.49 bits per heavy atom. The molecule has 0 saturated heterocycles. The van der Waals surface area contributed by atoms with E-state index in [1.165, 1.54) is 83.0 Å². The SMILES string of the molecule is c1ccc(-c2ccc(-c3ccccc3CN(c3cccc(-c4cccc5c4c4ccccc4n5-c4ccccc4)c3)c3ccccc3-c3ccc(-c4ccccc4)cc3)cc2)cc1. The van der Waals surface area contributed by atoms with E-state index in [9.17, 15) is 0 Å². The highest BCUT2D eigenvalue weighted by Gasteiger charge is 2.20. The second-order valence-corrected chi connectivity index (χ2v) is 16.1. The van der Waals surface area contributed by atoms with Gasteiger partial charge in [0.2, 0.25) is 0 Å². The first-order chi connectivity index (χ1) is 31.3. The lowest BCUT2D eigenvalue weighted by Crippen LogP contribution is -2.18. The van der Waals surface area contributed by atoms with Gasteiger partial charge in [-0.25, -0.2) is 0 Å². The molecule has 11 rings (SSSR count). The number of nitrogens with zero attached hydrogens (tertiary/aromatic N) is 2. The van der Waals surface area contributed by atoms with Crippen LogP contribution in [0.5, 0.6) is 0 Å². The fourth-order valence-electron chi connectivity index (χ4n) is 9.28. The fourth-order valence-corrected chi connectivity index (χ4v) is 9.28. The number of hydrogen-bond acceptors (Lipinski definition) is 1. The average molecular weight is 805 g/mol. The molecule has 1 heterocycles. The molecule has 0 amide bonds. The van der Waals surface area contributed by atoms with Crippen LogP contribution in [0.1, 0.15) is 5.56 Å². The molecule has 0 atom stereocenters. The molecule has 11 aromatic rings. The third-order valence-corrected chi connectivity index (χ3v) is 12.3. The van der Waals surface area contributed by atoms with E-state index >= 15 is 0 Å². The third kappa shape index (κ3) is 7.28. The first-order valence-corrected chi connectivity index (χ1v) is 21.7. The Bertz CT molecular complexity index is 3330. The Morgan fingerprint density at radius 1 is 0.317 bits per heavy atom. The molecular formula is C61H44N2. The van der Waals surface area contributed by atoms with Crippen LogP contribution >= 0.6 is 0 Å². The van der Waals surface area contributed by atoms with Gasteiger partial charge in [0.1, 0.15) is 0 Å². The van der Waals surface area contributed by atoms with Crippen molar-refractivity contribution in [2.75, 3.05) is 4.90 Å². The lowest BCUT2D eigenvalue weighted by molar-refractivity contribution is 0.978. The molecule has 0 N–H and O–H groups in total. The zero-order chi connectivity index (χ0) is 42.0. The van der Waals surface area contributed by atoms with Crippen LogP contribution in [-0.2, 0) is 6.54 Å². The Labute approximate surface area is 369 Å². The molecule has 1 aromatic heterocycles. The average Bonchev–Trinajstić information content (AvgIpc) is 3.71. The summed E-state index contributed by atoms with van der Waals surface area (Å²) in [7, 11) is 0. The van der Waals surface area contributed by atoms with Gasteiger partial charge in [-0.2, -0.15) is 0 Å². The topological polar surface area (TPSA) is 8.17 Å². The van der Waals surface area contributed by atoms with Crippen molar-refractivity contribution < 1.29 is 0 Å². The molecule has 0 aliphatic rings. The van der Waals surface area contributed by atoms with Crippen LogP contribution in [0.3, 0.4) is 0 Å². The summed E-state index contributed by atoms with van der Waals surface area (Å²) in [5, 5.41) is 2.49. The van der Waals surface area contributed by atoms with Crippen molar-refractivity contribution in [3.05, 3.63) is 260 Å². The predicted molar refractivity (Wildman–Crippen MR) is 267 cm³/mol. The maximum Gasteiger partial charge on any atom is 0.0547 e. The minimum atomic E-state index is 0.663. The van der Waals surface area contributed by atoms with Crippen LogP contribution in [-0.4, -0.2) is 4.57 Å². The quantitative estimate of drug-likeness (QED) is 0.134. The van der Waals surface area contributed by atoms with Crippen molar-refractivity contribution in [1.29, 1.82) is 0 Å². The summed E-state index contributed by atoms with van der Waals surface area (Å²) in [6.45, 7) is 0.663. The van der Waals surface area contributed by atoms with E-state index < -0.39 is 0 Å². The van der Waals surface area contributed by atoms with E-state index in [0.29, 0.717) is 6.54 Å². The molecule has 0 fully saturated rings. The summed E-state index contributed by atoms with van der Waals surface area (Å²) in [6.07, 6.45) is 0. The smallest absolute Gasteiger partial charge is 0.0547 e. The van der Waals surface area contributed by atoms with E-state index in [1.54, 1.807) is 0 Å². The highest BCUT2D eigenvalue weighted by atomic mass is 15.1. The maximum absolute atomic E-state index is 2.51. The van der Waals surface area contributed by atoms with Gasteiger partial charge < -0.3 is 9.47 Å². The van der Waals surface area contributed by atoms with Crippen molar-refractivity contribution >= 4 is 33.2 Å². The monoisotopic (exact) mass is 804 g/mol. The van der Waals surface area contributed by atoms with Crippen LogP contribution in [0.2, 0.25) is 0 Å². The van der Waals surface area contributed by atoms with Gasteiger partial charge in [0.25, 0.3) is 0 Å². The summed E-state index contributed by atoms with van der Waals surface area (Å²) in [6, 6.07) is 92.4. The second-order valence-electron chi connectivity index (χ2n) is 16.1. The first kappa shape index (κ1) is 37.8. The van der Waals surface area contributed by atoms with Gasteiger partial charge in [-0.05, 0) is 98.1 Å². The van der Waals surface area contributed by atoms with E-state index in [4.69, 9.17) is 0 Å². The molecule has 0 aliphatic heterocycles. The molecule has 0 bridgehead atoms. The van der Waals surface area contributed by atoms with Crippen LogP contribution < -0.4 is 4.90 Å². The Morgan fingerprint density at radius 2 is 0.794 bits per heavy atom. The van der Waals surface area contributed by atoms with Crippen molar-refractivity contribution in [2.45, 2.75) is 6.54 Å². The van der Waals surface area contributed by atoms with E-state index in [1.807, 2.05) is 0 Å². The number of para-hydroxylation sites is 3.